The molecule has 2 rings (SSSR count). The predicted octanol–water partition coefficient (Wildman–Crippen LogP) is -3.82. The predicted molar refractivity (Wildman–Crippen MR) is 83.6 cm³/mol. The van der Waals surface area contributed by atoms with Gasteiger partial charge >= 0.3 is 13.5 Å². The molecule has 13 nitrogen and oxygen atoms in total. The summed E-state index contributed by atoms with van der Waals surface area (Å²) in [6, 6.07) is 0.629. The van der Waals surface area contributed by atoms with Gasteiger partial charge in [0.1, 0.15) is 23.7 Å². The maximum Gasteiger partial charge on any atom is 0.469 e. The van der Waals surface area contributed by atoms with Crippen molar-refractivity contribution in [1.82, 2.24) is 9.55 Å². The lowest BCUT2D eigenvalue weighted by Crippen LogP contribution is -2.45. The molecule has 7 N–H and O–H groups in total. The van der Waals surface area contributed by atoms with Crippen LogP contribution in [0.1, 0.15) is 6.23 Å². The lowest BCUT2D eigenvalue weighted by molar-refractivity contribution is -0.0528. The highest BCUT2D eigenvalue weighted by molar-refractivity contribution is 8.12. The van der Waals surface area contributed by atoms with Gasteiger partial charge in [0.05, 0.1) is 6.61 Å². The van der Waals surface area contributed by atoms with E-state index in [4.69, 9.17) is 14.5 Å². The molecule has 0 aromatic carbocycles. The van der Waals surface area contributed by atoms with E-state index in [1.807, 2.05) is 4.98 Å². The fourth-order valence-electron chi connectivity index (χ4n) is 2.21. The molecule has 1 aromatic rings. The molecule has 142 valence electrons. The van der Waals surface area contributed by atoms with Crippen LogP contribution in [0.2, 0.25) is 0 Å². The highest BCUT2D eigenvalue weighted by Gasteiger charge is 2.46. The molecule has 0 radical (unpaired) electrons. The van der Waals surface area contributed by atoms with Gasteiger partial charge in [0.25, 0.3) is 5.56 Å². The van der Waals surface area contributed by atoms with E-state index in [1.165, 1.54) is 0 Å². The summed E-state index contributed by atoms with van der Waals surface area (Å²) in [6.45, 7) is -5.16. The first-order valence-corrected chi connectivity index (χ1v) is 10.7. The van der Waals surface area contributed by atoms with Crippen molar-refractivity contribution in [2.75, 3.05) is 6.61 Å². The summed E-state index contributed by atoms with van der Waals surface area (Å²) in [7, 11) is -4.89. The van der Waals surface area contributed by atoms with Crippen LogP contribution < -0.4 is 16.7 Å². The van der Waals surface area contributed by atoms with Crippen LogP contribution in [0.5, 0.6) is 0 Å². The topological polar surface area (TPSA) is 212 Å². The van der Waals surface area contributed by atoms with Crippen LogP contribution in [0.4, 0.5) is 0 Å². The number of rotatable bonds is 5. The number of hydrogen-bond acceptors (Lipinski definition) is 8. The van der Waals surface area contributed by atoms with Gasteiger partial charge in [-0.15, -0.1) is 0 Å². The molecule has 25 heavy (non-hydrogen) atoms. The molecule has 1 aliphatic rings. The average molecular weight is 420 g/mol. The molecule has 1 fully saturated rings. The van der Waals surface area contributed by atoms with Crippen molar-refractivity contribution >= 4 is 31.6 Å². The van der Waals surface area contributed by atoms with Gasteiger partial charge in [-0.2, -0.15) is 0 Å². The zero-order valence-electron chi connectivity index (χ0n) is 12.1. The Morgan fingerprint density at radius 2 is 1.84 bits per heavy atom. The molecular formula is C9H14N2O11P2S. The molecule has 4 atom stereocenters. The quantitative estimate of drug-likeness (QED) is 0.228. The second kappa shape index (κ2) is 7.10. The van der Waals surface area contributed by atoms with Crippen molar-refractivity contribution in [3.63, 3.8) is 0 Å². The van der Waals surface area contributed by atoms with E-state index < -0.39 is 62.1 Å². The Labute approximate surface area is 143 Å². The molecule has 0 amide bonds. The number of phosphoric ester groups is 1. The van der Waals surface area contributed by atoms with Gasteiger partial charge in [0, 0.05) is 6.07 Å². The minimum atomic E-state index is -4.89. The Morgan fingerprint density at radius 1 is 1.24 bits per heavy atom. The molecule has 1 aliphatic heterocycles. The van der Waals surface area contributed by atoms with Crippen molar-refractivity contribution in [2.45, 2.75) is 24.5 Å². The lowest BCUT2D eigenvalue weighted by atomic mass is 10.1. The molecule has 0 aliphatic carbocycles. The van der Waals surface area contributed by atoms with E-state index in [1.54, 1.807) is 0 Å². The minimum Gasteiger partial charge on any atom is -0.387 e. The smallest absolute Gasteiger partial charge is 0.387 e. The summed E-state index contributed by atoms with van der Waals surface area (Å²) >= 11 is 4.47. The van der Waals surface area contributed by atoms with Crippen LogP contribution in [0.15, 0.2) is 15.7 Å². The number of aliphatic hydroxyl groups excluding tert-OH is 2. The van der Waals surface area contributed by atoms with Gasteiger partial charge in [-0.3, -0.25) is 18.9 Å². The zero-order valence-corrected chi connectivity index (χ0v) is 14.7. The SMILES string of the molecule is O=c1cc(P(O)(O)=S)n([C@@H]2O[C@H](COP(=O)(O)O)[C@@H](O)[C@H]2O)c(=O)[nH]1. The van der Waals surface area contributed by atoms with Gasteiger partial charge in [0.15, 0.2) is 6.23 Å². The van der Waals surface area contributed by atoms with Gasteiger partial charge in [-0.05, 0) is 11.8 Å². The van der Waals surface area contributed by atoms with Crippen LogP contribution in [-0.2, 0) is 25.6 Å². The molecule has 0 spiro atoms. The number of aliphatic hydroxyl groups is 2. The fraction of sp³-hybridized carbons (Fsp3) is 0.556. The minimum absolute atomic E-state index is 0.452. The van der Waals surface area contributed by atoms with Crippen molar-refractivity contribution in [3.8, 4) is 0 Å². The van der Waals surface area contributed by atoms with Crippen molar-refractivity contribution in [3.05, 3.63) is 26.9 Å². The monoisotopic (exact) mass is 420 g/mol. The normalized spacial score (nSPS) is 27.6. The molecule has 2 heterocycles. The lowest BCUT2D eigenvalue weighted by Gasteiger charge is -2.22. The Hall–Kier alpha value is -0.760. The first-order valence-electron chi connectivity index (χ1n) is 6.45. The standard InChI is InChI=1S/C9H14N2O11P2S/c12-4-1-5(23(16,17)25)11(9(15)10-4)8-7(14)6(13)3(22-8)2-21-24(18,19)20/h1,3,6-8,13-14H,2H2,(H,10,12,15)(H2,16,17,25)(H2,18,19,20)/t3-,6-,7-,8-/m1/s1. The number of aromatic nitrogens is 2. The number of nitrogens with one attached hydrogen (secondary N) is 1. The van der Waals surface area contributed by atoms with Crippen LogP contribution in [0, 0.1) is 0 Å². The van der Waals surface area contributed by atoms with E-state index in [2.05, 4.69) is 16.3 Å². The highest BCUT2D eigenvalue weighted by atomic mass is 32.5. The van der Waals surface area contributed by atoms with Crippen LogP contribution in [0.25, 0.3) is 0 Å². The number of aromatic amines is 1. The van der Waals surface area contributed by atoms with E-state index >= 15 is 0 Å². The largest absolute Gasteiger partial charge is 0.469 e. The third-order valence-electron chi connectivity index (χ3n) is 3.25. The van der Waals surface area contributed by atoms with E-state index in [0.29, 0.717) is 10.6 Å². The summed E-state index contributed by atoms with van der Waals surface area (Å²) < 4.78 is 20.5. The van der Waals surface area contributed by atoms with Gasteiger partial charge < -0.3 is 34.5 Å². The number of nitrogens with zero attached hydrogens (tertiary/aromatic N) is 1. The van der Waals surface area contributed by atoms with Gasteiger partial charge in [-0.1, -0.05) is 0 Å². The van der Waals surface area contributed by atoms with Gasteiger partial charge in [0.2, 0.25) is 6.49 Å². The maximum atomic E-state index is 12.0. The Bertz CT molecular complexity index is 856. The van der Waals surface area contributed by atoms with Crippen LogP contribution in [-0.4, -0.2) is 64.3 Å². The number of ether oxygens (including phenoxy) is 1. The third kappa shape index (κ3) is 4.70. The zero-order chi connectivity index (χ0) is 19.2. The molecule has 0 unspecified atom stereocenters. The third-order valence-corrected chi connectivity index (χ3v) is 5.24. The molecule has 0 saturated carbocycles. The molecule has 1 saturated heterocycles. The molecular weight excluding hydrogens is 406 g/mol. The van der Waals surface area contributed by atoms with Crippen LogP contribution >= 0.6 is 14.3 Å². The Balaban J connectivity index is 2.43. The fourth-order valence-corrected chi connectivity index (χ4v) is 3.75. The summed E-state index contributed by atoms with van der Waals surface area (Å²) in [5.41, 5.74) is -2.89. The van der Waals surface area contributed by atoms with E-state index in [-0.39, 0.29) is 0 Å². The summed E-state index contributed by atoms with van der Waals surface area (Å²) in [5, 5.41) is 19.9. The van der Waals surface area contributed by atoms with E-state index in [9.17, 15) is 34.2 Å². The molecule has 1 aromatic heterocycles. The van der Waals surface area contributed by atoms with Crippen molar-refractivity contribution in [2.24, 2.45) is 0 Å². The number of hydrogen-bond donors (Lipinski definition) is 7. The Morgan fingerprint density at radius 3 is 2.36 bits per heavy atom. The first-order chi connectivity index (χ1) is 11.3. The number of H-pyrrole nitrogens is 1. The van der Waals surface area contributed by atoms with E-state index in [0.717, 1.165) is 0 Å². The Kier molecular flexibility index (Phi) is 5.84. The van der Waals surface area contributed by atoms with Crippen molar-refractivity contribution in [1.29, 1.82) is 0 Å². The van der Waals surface area contributed by atoms with Crippen molar-refractivity contribution < 1.29 is 43.6 Å². The first kappa shape index (κ1) is 20.6. The van der Waals surface area contributed by atoms with Gasteiger partial charge in [-0.25, -0.2) is 9.36 Å². The number of phosphoric acid groups is 1. The molecule has 0 bridgehead atoms. The average Bonchev–Trinajstić information content (AvgIpc) is 2.71. The van der Waals surface area contributed by atoms with Crippen LogP contribution in [0.3, 0.4) is 0 Å². The second-order valence-corrected chi connectivity index (χ2v) is 9.36. The summed E-state index contributed by atoms with van der Waals surface area (Å²) in [4.78, 5) is 61.8. The molecule has 16 heteroatoms. The maximum absolute atomic E-state index is 12.0. The summed E-state index contributed by atoms with van der Waals surface area (Å²) in [5.74, 6) is 0. The second-order valence-electron chi connectivity index (χ2n) is 5.04. The summed E-state index contributed by atoms with van der Waals surface area (Å²) in [6.07, 6.45) is -6.75. The highest BCUT2D eigenvalue weighted by Crippen LogP contribution is 2.39.